The Morgan fingerprint density at radius 3 is 2.54 bits per heavy atom. The van der Waals surface area contributed by atoms with Gasteiger partial charge >= 0.3 is 12.0 Å². The SMILES string of the molecule is CC(C)(C)C(C(=O)O)[C@@H](CCCC1CCCCC1)c1nc(CNC(N)=O)no1. The summed E-state index contributed by atoms with van der Waals surface area (Å²) in [6.07, 6.45) is 9.21. The van der Waals surface area contributed by atoms with Gasteiger partial charge in [0.05, 0.1) is 18.4 Å². The van der Waals surface area contributed by atoms with Gasteiger partial charge in [-0.2, -0.15) is 4.98 Å². The number of carbonyl (C=O) groups is 2. The van der Waals surface area contributed by atoms with Gasteiger partial charge in [0.15, 0.2) is 5.82 Å². The average Bonchev–Trinajstić information content (AvgIpc) is 3.07. The topological polar surface area (TPSA) is 131 Å². The third kappa shape index (κ3) is 6.49. The van der Waals surface area contributed by atoms with Gasteiger partial charge in [0.2, 0.25) is 5.89 Å². The Balaban J connectivity index is 2.13. The number of aliphatic carboxylic acids is 1. The second-order valence-corrected chi connectivity index (χ2v) is 8.99. The fourth-order valence-electron chi connectivity index (χ4n) is 4.34. The summed E-state index contributed by atoms with van der Waals surface area (Å²) < 4.78 is 5.41. The van der Waals surface area contributed by atoms with Gasteiger partial charge in [0, 0.05) is 0 Å². The molecule has 8 nitrogen and oxygen atoms in total. The molecule has 2 atom stereocenters. The van der Waals surface area contributed by atoms with Gasteiger partial charge < -0.3 is 20.7 Å². The Kier molecular flexibility index (Phi) is 7.83. The zero-order chi connectivity index (χ0) is 20.7. The molecule has 1 fully saturated rings. The van der Waals surface area contributed by atoms with Crippen molar-refractivity contribution in [1.82, 2.24) is 15.5 Å². The number of urea groups is 1. The molecule has 1 heterocycles. The number of hydrogen-bond donors (Lipinski definition) is 3. The number of nitrogens with two attached hydrogens (primary N) is 1. The molecule has 1 unspecified atom stereocenters. The van der Waals surface area contributed by atoms with E-state index in [0.717, 1.165) is 18.8 Å². The Bertz CT molecular complexity index is 647. The van der Waals surface area contributed by atoms with E-state index in [2.05, 4.69) is 15.5 Å². The van der Waals surface area contributed by atoms with E-state index in [1.54, 1.807) is 0 Å². The minimum absolute atomic E-state index is 0.0564. The number of carboxylic acids is 1. The molecular formula is C20H34N4O4. The maximum Gasteiger partial charge on any atom is 0.312 e. The van der Waals surface area contributed by atoms with Crippen LogP contribution in [-0.2, 0) is 11.3 Å². The monoisotopic (exact) mass is 394 g/mol. The Morgan fingerprint density at radius 1 is 1.29 bits per heavy atom. The number of rotatable bonds is 9. The molecule has 1 saturated carbocycles. The number of carbonyl (C=O) groups excluding carboxylic acids is 1. The lowest BCUT2D eigenvalue weighted by Gasteiger charge is -2.32. The molecule has 4 N–H and O–H groups in total. The molecule has 2 amide bonds. The van der Waals surface area contributed by atoms with Crippen molar-refractivity contribution in [3.05, 3.63) is 11.7 Å². The highest BCUT2D eigenvalue weighted by Gasteiger charge is 2.41. The molecule has 1 aliphatic rings. The second-order valence-electron chi connectivity index (χ2n) is 8.99. The lowest BCUT2D eigenvalue weighted by atomic mass is 9.71. The van der Waals surface area contributed by atoms with E-state index >= 15 is 0 Å². The van der Waals surface area contributed by atoms with Gasteiger partial charge in [-0.15, -0.1) is 0 Å². The highest BCUT2D eigenvalue weighted by atomic mass is 16.5. The summed E-state index contributed by atoms with van der Waals surface area (Å²) in [5, 5.41) is 16.2. The van der Waals surface area contributed by atoms with Gasteiger partial charge in [-0.25, -0.2) is 4.79 Å². The Morgan fingerprint density at radius 2 is 1.96 bits per heavy atom. The van der Waals surface area contributed by atoms with Crippen LogP contribution in [0.2, 0.25) is 0 Å². The minimum Gasteiger partial charge on any atom is -0.481 e. The van der Waals surface area contributed by atoms with E-state index in [1.807, 2.05) is 20.8 Å². The largest absolute Gasteiger partial charge is 0.481 e. The van der Waals surface area contributed by atoms with E-state index in [1.165, 1.54) is 32.1 Å². The average molecular weight is 395 g/mol. The molecule has 0 spiro atoms. The molecule has 8 heteroatoms. The van der Waals surface area contributed by atoms with Crippen LogP contribution in [0.4, 0.5) is 4.79 Å². The molecule has 1 aromatic rings. The number of nitrogens with one attached hydrogen (secondary N) is 1. The number of hydrogen-bond acceptors (Lipinski definition) is 5. The molecule has 0 radical (unpaired) electrons. The maximum atomic E-state index is 12.1. The van der Waals surface area contributed by atoms with Crippen molar-refractivity contribution in [2.24, 2.45) is 23.0 Å². The smallest absolute Gasteiger partial charge is 0.312 e. The number of nitrogens with zero attached hydrogens (tertiary/aromatic N) is 2. The van der Waals surface area contributed by atoms with Gasteiger partial charge in [-0.1, -0.05) is 70.9 Å². The van der Waals surface area contributed by atoms with E-state index in [4.69, 9.17) is 10.3 Å². The highest BCUT2D eigenvalue weighted by molar-refractivity contribution is 5.72. The summed E-state index contributed by atoms with van der Waals surface area (Å²) in [5.74, 6) is -0.501. The highest BCUT2D eigenvalue weighted by Crippen LogP contribution is 2.41. The fraction of sp³-hybridized carbons (Fsp3) is 0.800. The normalized spacial score (nSPS) is 17.8. The van der Waals surface area contributed by atoms with Crippen LogP contribution in [0, 0.1) is 17.3 Å². The lowest BCUT2D eigenvalue weighted by Crippen LogP contribution is -2.34. The van der Waals surface area contributed by atoms with E-state index in [-0.39, 0.29) is 12.5 Å². The summed E-state index contributed by atoms with van der Waals surface area (Å²) in [7, 11) is 0. The molecule has 28 heavy (non-hydrogen) atoms. The molecule has 0 saturated heterocycles. The summed E-state index contributed by atoms with van der Waals surface area (Å²) in [5.41, 5.74) is 4.62. The fourth-order valence-corrected chi connectivity index (χ4v) is 4.34. The molecule has 0 bridgehead atoms. The quantitative estimate of drug-likeness (QED) is 0.583. The number of aromatic nitrogens is 2. The summed E-state index contributed by atoms with van der Waals surface area (Å²) in [6.45, 7) is 5.82. The number of amides is 2. The Labute approximate surface area is 166 Å². The van der Waals surface area contributed by atoms with Crippen LogP contribution < -0.4 is 11.1 Å². The summed E-state index contributed by atoms with van der Waals surface area (Å²) in [4.78, 5) is 27.3. The van der Waals surface area contributed by atoms with Crippen molar-refractivity contribution in [3.63, 3.8) is 0 Å². The molecule has 0 aromatic carbocycles. The standard InChI is InChI=1S/C20H34N4O4/c1-20(2,3)16(18(25)26)14(11-7-10-13-8-5-4-6-9-13)17-23-15(24-28-17)12-22-19(21)27/h13-14,16H,4-12H2,1-3H3,(H,25,26)(H3,21,22,27)/t14-,16?/m1/s1. The summed E-state index contributed by atoms with van der Waals surface area (Å²) >= 11 is 0. The third-order valence-corrected chi connectivity index (χ3v) is 5.68. The van der Waals surface area contributed by atoms with Crippen molar-refractivity contribution in [2.45, 2.75) is 84.6 Å². The van der Waals surface area contributed by atoms with Crippen LogP contribution in [0.1, 0.15) is 89.8 Å². The van der Waals surface area contributed by atoms with Gasteiger partial charge in [-0.05, 0) is 17.8 Å². The van der Waals surface area contributed by atoms with Crippen LogP contribution in [-0.4, -0.2) is 27.2 Å². The lowest BCUT2D eigenvalue weighted by molar-refractivity contribution is -0.147. The van der Waals surface area contributed by atoms with Crippen molar-refractivity contribution in [1.29, 1.82) is 0 Å². The molecule has 158 valence electrons. The van der Waals surface area contributed by atoms with Crippen LogP contribution in [0.25, 0.3) is 0 Å². The third-order valence-electron chi connectivity index (χ3n) is 5.68. The van der Waals surface area contributed by atoms with Gasteiger partial charge in [0.1, 0.15) is 0 Å². The summed E-state index contributed by atoms with van der Waals surface area (Å²) in [6, 6.07) is -0.673. The molecule has 1 aromatic heterocycles. The number of carboxylic acid groups (broad SMARTS) is 1. The minimum atomic E-state index is -0.856. The number of primary amides is 1. The predicted molar refractivity (Wildman–Crippen MR) is 104 cm³/mol. The van der Waals surface area contributed by atoms with E-state index < -0.39 is 23.3 Å². The van der Waals surface area contributed by atoms with Crippen molar-refractivity contribution >= 4 is 12.0 Å². The van der Waals surface area contributed by atoms with Crippen LogP contribution in [0.3, 0.4) is 0 Å². The maximum absolute atomic E-state index is 12.1. The van der Waals surface area contributed by atoms with Crippen molar-refractivity contribution in [3.8, 4) is 0 Å². The van der Waals surface area contributed by atoms with Crippen molar-refractivity contribution < 1.29 is 19.2 Å². The van der Waals surface area contributed by atoms with Crippen molar-refractivity contribution in [2.75, 3.05) is 0 Å². The first-order chi connectivity index (χ1) is 13.2. The predicted octanol–water partition coefficient (Wildman–Crippen LogP) is 3.82. The Hall–Kier alpha value is -2.12. The van der Waals surface area contributed by atoms with Gasteiger partial charge in [0.25, 0.3) is 0 Å². The molecule has 2 rings (SSSR count). The second kappa shape index (κ2) is 9.89. The van der Waals surface area contributed by atoms with Crippen LogP contribution in [0.5, 0.6) is 0 Å². The first-order valence-electron chi connectivity index (χ1n) is 10.3. The van der Waals surface area contributed by atoms with E-state index in [0.29, 0.717) is 18.1 Å². The zero-order valence-corrected chi connectivity index (χ0v) is 17.2. The van der Waals surface area contributed by atoms with E-state index in [9.17, 15) is 14.7 Å². The molecule has 1 aliphatic carbocycles. The molecular weight excluding hydrogens is 360 g/mol. The van der Waals surface area contributed by atoms with Gasteiger partial charge in [-0.3, -0.25) is 4.79 Å². The van der Waals surface area contributed by atoms with Crippen LogP contribution in [0.15, 0.2) is 4.52 Å². The van der Waals surface area contributed by atoms with Crippen LogP contribution >= 0.6 is 0 Å². The first-order valence-corrected chi connectivity index (χ1v) is 10.3. The zero-order valence-electron chi connectivity index (χ0n) is 17.2. The first kappa shape index (κ1) is 22.2. The molecule has 0 aliphatic heterocycles.